The average Bonchev–Trinajstić information content (AvgIpc) is 3.09. The number of aromatic nitrogens is 4. The van der Waals surface area contributed by atoms with E-state index in [9.17, 15) is 5.11 Å². The Morgan fingerprint density at radius 2 is 2.40 bits per heavy atom. The molecule has 1 aliphatic heterocycles. The van der Waals surface area contributed by atoms with Gasteiger partial charge in [-0.05, 0) is 26.3 Å². The number of nitrogens with one attached hydrogen (secondary N) is 1. The van der Waals surface area contributed by atoms with Crippen LogP contribution in [0.15, 0.2) is 12.4 Å². The van der Waals surface area contributed by atoms with Gasteiger partial charge in [0.05, 0.1) is 6.61 Å². The van der Waals surface area contributed by atoms with E-state index in [2.05, 4.69) is 25.4 Å². The minimum absolute atomic E-state index is 0.0998. The Kier molecular flexibility index (Phi) is 3.79. The molecule has 7 nitrogen and oxygen atoms in total. The lowest BCUT2D eigenvalue weighted by Gasteiger charge is -2.26. The van der Waals surface area contributed by atoms with Crippen molar-refractivity contribution in [3.8, 4) is 0 Å². The molecule has 20 heavy (non-hydrogen) atoms. The SMILES string of the molecule is Cc1nnc2c(N(CCO)CC3CCCN3)nccn12. The molecule has 1 saturated heterocycles. The van der Waals surface area contributed by atoms with Crippen LogP contribution in [0.1, 0.15) is 18.7 Å². The first-order valence-electron chi connectivity index (χ1n) is 7.05. The van der Waals surface area contributed by atoms with Crippen LogP contribution in [0.5, 0.6) is 0 Å². The number of anilines is 1. The first kappa shape index (κ1) is 13.3. The summed E-state index contributed by atoms with van der Waals surface area (Å²) >= 11 is 0. The Labute approximate surface area is 117 Å². The summed E-state index contributed by atoms with van der Waals surface area (Å²) in [5.41, 5.74) is 0.747. The van der Waals surface area contributed by atoms with Gasteiger partial charge in [-0.15, -0.1) is 10.2 Å². The Bertz CT molecular complexity index is 577. The number of aryl methyl sites for hydroxylation is 1. The molecule has 0 bridgehead atoms. The molecule has 0 radical (unpaired) electrons. The second kappa shape index (κ2) is 5.72. The van der Waals surface area contributed by atoms with Crippen LogP contribution in [-0.2, 0) is 0 Å². The van der Waals surface area contributed by atoms with Gasteiger partial charge in [0.15, 0.2) is 5.82 Å². The molecule has 1 aliphatic rings. The second-order valence-electron chi connectivity index (χ2n) is 5.15. The summed E-state index contributed by atoms with van der Waals surface area (Å²) in [4.78, 5) is 6.53. The molecule has 1 fully saturated rings. The third-order valence-corrected chi connectivity index (χ3v) is 3.75. The molecule has 1 unspecified atom stereocenters. The van der Waals surface area contributed by atoms with E-state index in [1.165, 1.54) is 6.42 Å². The van der Waals surface area contributed by atoms with Gasteiger partial charge >= 0.3 is 0 Å². The molecule has 2 aromatic rings. The number of rotatable bonds is 5. The van der Waals surface area contributed by atoms with Crippen molar-refractivity contribution in [3.63, 3.8) is 0 Å². The molecule has 2 aromatic heterocycles. The van der Waals surface area contributed by atoms with E-state index >= 15 is 0 Å². The van der Waals surface area contributed by atoms with Gasteiger partial charge < -0.3 is 15.3 Å². The fraction of sp³-hybridized carbons (Fsp3) is 0.615. The van der Waals surface area contributed by atoms with Crippen LogP contribution in [0.3, 0.4) is 0 Å². The normalized spacial score (nSPS) is 18.8. The minimum atomic E-state index is 0.0998. The summed E-state index contributed by atoms with van der Waals surface area (Å²) in [6, 6.07) is 0.452. The molecule has 7 heteroatoms. The highest BCUT2D eigenvalue weighted by atomic mass is 16.3. The molecule has 3 heterocycles. The Hall–Kier alpha value is -1.73. The maximum absolute atomic E-state index is 9.32. The van der Waals surface area contributed by atoms with Crippen molar-refractivity contribution in [1.82, 2.24) is 24.9 Å². The number of nitrogens with zero attached hydrogens (tertiary/aromatic N) is 5. The molecular formula is C13H20N6O. The van der Waals surface area contributed by atoms with E-state index < -0.39 is 0 Å². The number of hydrogen-bond donors (Lipinski definition) is 2. The molecule has 2 N–H and O–H groups in total. The van der Waals surface area contributed by atoms with Gasteiger partial charge in [0.2, 0.25) is 5.65 Å². The number of hydrogen-bond acceptors (Lipinski definition) is 6. The van der Waals surface area contributed by atoms with Gasteiger partial charge in [-0.2, -0.15) is 0 Å². The van der Waals surface area contributed by atoms with Crippen molar-refractivity contribution in [2.45, 2.75) is 25.8 Å². The first-order valence-corrected chi connectivity index (χ1v) is 7.05. The lowest BCUT2D eigenvalue weighted by atomic mass is 10.2. The highest BCUT2D eigenvalue weighted by Crippen LogP contribution is 2.19. The highest BCUT2D eigenvalue weighted by molar-refractivity contribution is 5.63. The van der Waals surface area contributed by atoms with Crippen LogP contribution in [0, 0.1) is 6.92 Å². The smallest absolute Gasteiger partial charge is 0.203 e. The molecule has 0 aliphatic carbocycles. The zero-order valence-corrected chi connectivity index (χ0v) is 11.7. The Morgan fingerprint density at radius 3 is 3.15 bits per heavy atom. The molecule has 0 amide bonds. The van der Waals surface area contributed by atoms with E-state index in [1.807, 2.05) is 17.5 Å². The Morgan fingerprint density at radius 1 is 1.50 bits per heavy atom. The van der Waals surface area contributed by atoms with Crippen LogP contribution >= 0.6 is 0 Å². The van der Waals surface area contributed by atoms with Gasteiger partial charge in [0, 0.05) is 31.5 Å². The zero-order chi connectivity index (χ0) is 13.9. The summed E-state index contributed by atoms with van der Waals surface area (Å²) < 4.78 is 1.93. The predicted molar refractivity (Wildman–Crippen MR) is 75.8 cm³/mol. The van der Waals surface area contributed by atoms with Crippen LogP contribution in [0.25, 0.3) is 5.65 Å². The van der Waals surface area contributed by atoms with Crippen molar-refractivity contribution in [2.75, 3.05) is 31.1 Å². The van der Waals surface area contributed by atoms with Crippen LogP contribution in [-0.4, -0.2) is 57.0 Å². The van der Waals surface area contributed by atoms with Crippen LogP contribution < -0.4 is 10.2 Å². The van der Waals surface area contributed by atoms with E-state index in [0.717, 1.165) is 36.8 Å². The van der Waals surface area contributed by atoms with Gasteiger partial charge in [-0.1, -0.05) is 0 Å². The van der Waals surface area contributed by atoms with E-state index in [4.69, 9.17) is 0 Å². The van der Waals surface area contributed by atoms with Crippen molar-refractivity contribution in [3.05, 3.63) is 18.2 Å². The zero-order valence-electron chi connectivity index (χ0n) is 11.7. The van der Waals surface area contributed by atoms with Crippen molar-refractivity contribution in [1.29, 1.82) is 0 Å². The summed E-state index contributed by atoms with van der Waals surface area (Å²) in [7, 11) is 0. The predicted octanol–water partition coefficient (Wildman–Crippen LogP) is -0.0166. The number of aliphatic hydroxyl groups is 1. The molecule has 0 spiro atoms. The largest absolute Gasteiger partial charge is 0.395 e. The molecule has 3 rings (SSSR count). The Balaban J connectivity index is 1.91. The lowest BCUT2D eigenvalue weighted by Crippen LogP contribution is -2.39. The van der Waals surface area contributed by atoms with Crippen molar-refractivity contribution in [2.24, 2.45) is 0 Å². The number of fused-ring (bicyclic) bond motifs is 1. The molecule has 1 atom stereocenters. The van der Waals surface area contributed by atoms with Gasteiger partial charge in [0.25, 0.3) is 0 Å². The van der Waals surface area contributed by atoms with Crippen molar-refractivity contribution < 1.29 is 5.11 Å². The molecule has 0 aromatic carbocycles. The summed E-state index contributed by atoms with van der Waals surface area (Å²) in [5.74, 6) is 1.63. The molecule has 108 valence electrons. The summed E-state index contributed by atoms with van der Waals surface area (Å²) in [5, 5.41) is 21.1. The van der Waals surface area contributed by atoms with E-state index in [1.54, 1.807) is 6.20 Å². The lowest BCUT2D eigenvalue weighted by molar-refractivity contribution is 0.300. The number of aliphatic hydroxyl groups excluding tert-OH is 1. The third kappa shape index (κ3) is 2.46. The monoisotopic (exact) mass is 276 g/mol. The maximum atomic E-state index is 9.32. The van der Waals surface area contributed by atoms with E-state index in [0.29, 0.717) is 12.6 Å². The van der Waals surface area contributed by atoms with E-state index in [-0.39, 0.29) is 6.61 Å². The summed E-state index contributed by atoms with van der Waals surface area (Å²) in [6.45, 7) is 4.47. The second-order valence-corrected chi connectivity index (χ2v) is 5.15. The topological polar surface area (TPSA) is 78.6 Å². The van der Waals surface area contributed by atoms with Gasteiger partial charge in [0.1, 0.15) is 5.82 Å². The molecular weight excluding hydrogens is 256 g/mol. The fourth-order valence-corrected chi connectivity index (χ4v) is 2.73. The minimum Gasteiger partial charge on any atom is -0.395 e. The standard InChI is InChI=1S/C13H20N6O/c1-10-16-17-13-12(15-5-6-19(10)13)18(7-8-20)9-11-3-2-4-14-11/h5-6,11,14,20H,2-4,7-9H2,1H3. The highest BCUT2D eigenvalue weighted by Gasteiger charge is 2.21. The van der Waals surface area contributed by atoms with Crippen molar-refractivity contribution >= 4 is 11.5 Å². The van der Waals surface area contributed by atoms with Crippen LogP contribution in [0.4, 0.5) is 5.82 Å². The quantitative estimate of drug-likeness (QED) is 0.799. The third-order valence-electron chi connectivity index (χ3n) is 3.75. The first-order chi connectivity index (χ1) is 9.79. The maximum Gasteiger partial charge on any atom is 0.203 e. The molecule has 0 saturated carbocycles. The van der Waals surface area contributed by atoms with Gasteiger partial charge in [-0.3, -0.25) is 4.40 Å². The van der Waals surface area contributed by atoms with Gasteiger partial charge in [-0.25, -0.2) is 4.98 Å². The fourth-order valence-electron chi connectivity index (χ4n) is 2.73. The average molecular weight is 276 g/mol. The van der Waals surface area contributed by atoms with Crippen LogP contribution in [0.2, 0.25) is 0 Å². The summed E-state index contributed by atoms with van der Waals surface area (Å²) in [6.07, 6.45) is 5.99.